The molecule has 2 amide bonds. The molecule has 168 valence electrons. The highest BCUT2D eigenvalue weighted by Gasteiger charge is 2.32. The number of amides is 2. The zero-order valence-electron chi connectivity index (χ0n) is 18.2. The number of anilines is 1. The molecule has 1 atom stereocenters. The lowest BCUT2D eigenvalue weighted by Crippen LogP contribution is -2.31. The number of rotatable bonds is 11. The van der Waals surface area contributed by atoms with E-state index in [9.17, 15) is 18.0 Å². The molecule has 1 N–H and O–H groups in total. The molecule has 2 rings (SSSR count). The smallest absolute Gasteiger partial charge is 0.226 e. The number of fused-ring (bicyclic) bond motifs is 1. The van der Waals surface area contributed by atoms with Crippen molar-refractivity contribution in [2.45, 2.75) is 70.6 Å². The third kappa shape index (κ3) is 6.30. The standard InChI is InChI=1S/C22H33BrN2O4S/c1-4-7-8-16(5-2)15-24-20(26)10-12-30(28,29)19-14-18(23)13-17-9-11-25(22(17)19)21(27)6-3/h13-14,16H,4-12,15H2,1-3H3,(H,24,26). The number of halogens is 1. The fraction of sp³-hybridized carbons (Fsp3) is 0.636. The van der Waals surface area contributed by atoms with Crippen LogP contribution in [-0.2, 0) is 25.8 Å². The Labute approximate surface area is 188 Å². The van der Waals surface area contributed by atoms with Crippen LogP contribution in [0.25, 0.3) is 0 Å². The third-order valence-corrected chi connectivity index (χ3v) is 7.84. The monoisotopic (exact) mass is 500 g/mol. The third-order valence-electron chi connectivity index (χ3n) is 5.66. The minimum atomic E-state index is -3.72. The van der Waals surface area contributed by atoms with Crippen LogP contribution >= 0.6 is 15.9 Å². The topological polar surface area (TPSA) is 83.6 Å². The van der Waals surface area contributed by atoms with Gasteiger partial charge >= 0.3 is 0 Å². The van der Waals surface area contributed by atoms with Gasteiger partial charge in [0.1, 0.15) is 0 Å². The van der Waals surface area contributed by atoms with Gasteiger partial charge in [-0.15, -0.1) is 0 Å². The number of hydrogen-bond donors (Lipinski definition) is 1. The molecule has 0 saturated carbocycles. The number of hydrogen-bond acceptors (Lipinski definition) is 4. The molecule has 1 heterocycles. The molecule has 0 radical (unpaired) electrons. The van der Waals surface area contributed by atoms with E-state index >= 15 is 0 Å². The molecule has 0 spiro atoms. The molecule has 0 fully saturated rings. The number of nitrogens with one attached hydrogen (secondary N) is 1. The van der Waals surface area contributed by atoms with E-state index in [1.165, 1.54) is 0 Å². The van der Waals surface area contributed by atoms with Crippen LogP contribution in [0.3, 0.4) is 0 Å². The molecule has 1 aromatic rings. The average Bonchev–Trinajstić information content (AvgIpc) is 3.14. The second-order valence-electron chi connectivity index (χ2n) is 7.85. The highest BCUT2D eigenvalue weighted by molar-refractivity contribution is 9.10. The Kier molecular flexibility index (Phi) is 9.34. The van der Waals surface area contributed by atoms with Crippen molar-refractivity contribution in [1.29, 1.82) is 0 Å². The maximum Gasteiger partial charge on any atom is 0.226 e. The van der Waals surface area contributed by atoms with Crippen molar-refractivity contribution in [3.8, 4) is 0 Å². The molecule has 30 heavy (non-hydrogen) atoms. The van der Waals surface area contributed by atoms with Crippen LogP contribution in [-0.4, -0.2) is 39.1 Å². The Morgan fingerprint density at radius 3 is 2.60 bits per heavy atom. The summed E-state index contributed by atoms with van der Waals surface area (Å²) in [5, 5.41) is 2.89. The van der Waals surface area contributed by atoms with Crippen LogP contribution in [0.15, 0.2) is 21.5 Å². The second kappa shape index (κ2) is 11.3. The summed E-state index contributed by atoms with van der Waals surface area (Å²) in [6, 6.07) is 3.41. The van der Waals surface area contributed by atoms with Gasteiger partial charge in [0.25, 0.3) is 0 Å². The van der Waals surface area contributed by atoms with Gasteiger partial charge in [0.2, 0.25) is 11.8 Å². The molecule has 1 aliphatic heterocycles. The number of sulfone groups is 1. The van der Waals surface area contributed by atoms with Crippen LogP contribution in [0.1, 0.15) is 64.9 Å². The van der Waals surface area contributed by atoms with Crippen LogP contribution in [0.5, 0.6) is 0 Å². The first-order chi connectivity index (χ1) is 14.2. The summed E-state index contributed by atoms with van der Waals surface area (Å²) < 4.78 is 26.9. The Hall–Kier alpha value is -1.41. The van der Waals surface area contributed by atoms with Gasteiger partial charge in [0, 0.05) is 30.4 Å². The van der Waals surface area contributed by atoms with E-state index in [2.05, 4.69) is 35.1 Å². The molecular weight excluding hydrogens is 468 g/mol. The average molecular weight is 501 g/mol. The maximum atomic E-state index is 13.1. The summed E-state index contributed by atoms with van der Waals surface area (Å²) in [6.45, 7) is 7.08. The van der Waals surface area contributed by atoms with E-state index < -0.39 is 9.84 Å². The van der Waals surface area contributed by atoms with Crippen molar-refractivity contribution < 1.29 is 18.0 Å². The summed E-state index contributed by atoms with van der Waals surface area (Å²) in [4.78, 5) is 26.3. The van der Waals surface area contributed by atoms with E-state index in [0.29, 0.717) is 42.0 Å². The van der Waals surface area contributed by atoms with Gasteiger partial charge in [0.15, 0.2) is 9.84 Å². The second-order valence-corrected chi connectivity index (χ2v) is 10.8. The lowest BCUT2D eigenvalue weighted by atomic mass is 9.99. The minimum absolute atomic E-state index is 0.0877. The fourth-order valence-corrected chi connectivity index (χ4v) is 5.95. The molecule has 0 bridgehead atoms. The highest BCUT2D eigenvalue weighted by atomic mass is 79.9. The Morgan fingerprint density at radius 2 is 1.97 bits per heavy atom. The number of carbonyl (C=O) groups is 2. The van der Waals surface area contributed by atoms with Gasteiger partial charge in [-0.2, -0.15) is 0 Å². The number of carbonyl (C=O) groups excluding carboxylic acids is 2. The SMILES string of the molecule is CCCCC(CC)CNC(=O)CCS(=O)(=O)c1cc(Br)cc2c1N(C(=O)CC)CC2. The molecule has 0 saturated heterocycles. The maximum absolute atomic E-state index is 13.1. The lowest BCUT2D eigenvalue weighted by Gasteiger charge is -2.20. The van der Waals surface area contributed by atoms with Crippen LogP contribution < -0.4 is 10.2 Å². The first-order valence-electron chi connectivity index (χ1n) is 10.9. The Morgan fingerprint density at radius 1 is 1.23 bits per heavy atom. The van der Waals surface area contributed by atoms with Crippen molar-refractivity contribution in [2.24, 2.45) is 5.92 Å². The molecule has 1 unspecified atom stereocenters. The largest absolute Gasteiger partial charge is 0.356 e. The fourth-order valence-electron chi connectivity index (χ4n) is 3.77. The van der Waals surface area contributed by atoms with Crippen molar-refractivity contribution >= 4 is 43.3 Å². The normalized spacial score (nSPS) is 14.5. The zero-order chi connectivity index (χ0) is 22.3. The minimum Gasteiger partial charge on any atom is -0.356 e. The van der Waals surface area contributed by atoms with Crippen LogP contribution in [0.4, 0.5) is 5.69 Å². The summed E-state index contributed by atoms with van der Waals surface area (Å²) >= 11 is 3.38. The van der Waals surface area contributed by atoms with E-state index in [1.54, 1.807) is 17.9 Å². The van der Waals surface area contributed by atoms with Gasteiger partial charge in [-0.05, 0) is 36.5 Å². The summed E-state index contributed by atoms with van der Waals surface area (Å²) in [7, 11) is -3.72. The van der Waals surface area contributed by atoms with E-state index in [0.717, 1.165) is 31.2 Å². The van der Waals surface area contributed by atoms with Gasteiger partial charge in [-0.3, -0.25) is 9.59 Å². The van der Waals surface area contributed by atoms with E-state index in [4.69, 9.17) is 0 Å². The van der Waals surface area contributed by atoms with Gasteiger partial charge in [-0.25, -0.2) is 8.42 Å². The summed E-state index contributed by atoms with van der Waals surface area (Å²) in [6.07, 6.45) is 5.16. The van der Waals surface area contributed by atoms with Crippen molar-refractivity contribution in [2.75, 3.05) is 23.7 Å². The van der Waals surface area contributed by atoms with Gasteiger partial charge in [-0.1, -0.05) is 56.0 Å². The molecule has 1 aliphatic rings. The Balaban J connectivity index is 2.09. The first-order valence-corrected chi connectivity index (χ1v) is 13.3. The molecule has 0 aliphatic carbocycles. The van der Waals surface area contributed by atoms with Gasteiger partial charge in [0.05, 0.1) is 16.3 Å². The molecule has 0 aromatic heterocycles. The zero-order valence-corrected chi connectivity index (χ0v) is 20.6. The predicted octanol–water partition coefficient (Wildman–Crippen LogP) is 4.24. The Bertz CT molecular complexity index is 870. The van der Waals surface area contributed by atoms with Crippen LogP contribution in [0, 0.1) is 5.92 Å². The van der Waals surface area contributed by atoms with Crippen molar-refractivity contribution in [3.05, 3.63) is 22.2 Å². The molecule has 1 aromatic carbocycles. The first kappa shape index (κ1) is 24.9. The van der Waals surface area contributed by atoms with E-state index in [-0.39, 0.29) is 28.9 Å². The van der Waals surface area contributed by atoms with Gasteiger partial charge < -0.3 is 10.2 Å². The number of benzene rings is 1. The van der Waals surface area contributed by atoms with E-state index in [1.807, 2.05) is 6.07 Å². The number of unbranched alkanes of at least 4 members (excludes halogenated alkanes) is 1. The number of nitrogens with zero attached hydrogens (tertiary/aromatic N) is 1. The van der Waals surface area contributed by atoms with Crippen molar-refractivity contribution in [3.63, 3.8) is 0 Å². The molecule has 6 nitrogen and oxygen atoms in total. The lowest BCUT2D eigenvalue weighted by molar-refractivity contribution is -0.121. The molecule has 8 heteroatoms. The highest BCUT2D eigenvalue weighted by Crippen LogP contribution is 2.38. The summed E-state index contributed by atoms with van der Waals surface area (Å²) in [5.41, 5.74) is 1.33. The quantitative estimate of drug-likeness (QED) is 0.492. The van der Waals surface area contributed by atoms with Crippen LogP contribution in [0.2, 0.25) is 0 Å². The predicted molar refractivity (Wildman–Crippen MR) is 123 cm³/mol. The molecular formula is C22H33BrN2O4S. The summed E-state index contributed by atoms with van der Waals surface area (Å²) in [5.74, 6) is -0.196. The van der Waals surface area contributed by atoms with Crippen molar-refractivity contribution in [1.82, 2.24) is 5.32 Å².